The van der Waals surface area contributed by atoms with Crippen LogP contribution in [-0.2, 0) is 19.1 Å². The van der Waals surface area contributed by atoms with Crippen LogP contribution in [-0.4, -0.2) is 35.4 Å². The van der Waals surface area contributed by atoms with E-state index >= 15 is 0 Å². The summed E-state index contributed by atoms with van der Waals surface area (Å²) in [6.45, 7) is 3.12. The van der Waals surface area contributed by atoms with Gasteiger partial charge in [0.2, 0.25) is 0 Å². The van der Waals surface area contributed by atoms with Gasteiger partial charge < -0.3 is 14.6 Å². The Bertz CT molecular complexity index is 263. The van der Waals surface area contributed by atoms with Crippen LogP contribution in [0, 0.1) is 0 Å². The van der Waals surface area contributed by atoms with Crippen LogP contribution < -0.4 is 0 Å². The number of aliphatic hydroxyl groups is 1. The van der Waals surface area contributed by atoms with E-state index < -0.39 is 23.6 Å². The molecule has 2 atom stereocenters. The molecule has 1 aliphatic carbocycles. The molecule has 1 aliphatic rings. The number of hydrogen-bond donors (Lipinski definition) is 1. The van der Waals surface area contributed by atoms with Crippen molar-refractivity contribution in [1.29, 1.82) is 0 Å². The van der Waals surface area contributed by atoms with Crippen LogP contribution in [0.4, 0.5) is 0 Å². The SMILES string of the molecule is CCOC(=O)[C@]1(O)CCC[C@H]1OC(C)=O. The van der Waals surface area contributed by atoms with Gasteiger partial charge in [0.1, 0.15) is 6.10 Å². The van der Waals surface area contributed by atoms with E-state index in [-0.39, 0.29) is 13.0 Å². The summed E-state index contributed by atoms with van der Waals surface area (Å²) in [4.78, 5) is 22.3. The van der Waals surface area contributed by atoms with Crippen molar-refractivity contribution in [2.45, 2.75) is 44.8 Å². The zero-order valence-electron chi connectivity index (χ0n) is 8.99. The monoisotopic (exact) mass is 216 g/mol. The molecule has 0 heterocycles. The topological polar surface area (TPSA) is 72.8 Å². The van der Waals surface area contributed by atoms with Gasteiger partial charge >= 0.3 is 11.9 Å². The number of ether oxygens (including phenoxy) is 2. The normalized spacial score (nSPS) is 29.9. The lowest BCUT2D eigenvalue weighted by atomic mass is 10.0. The zero-order chi connectivity index (χ0) is 11.5. The van der Waals surface area contributed by atoms with Crippen molar-refractivity contribution in [2.24, 2.45) is 0 Å². The minimum atomic E-state index is -1.65. The van der Waals surface area contributed by atoms with Crippen molar-refractivity contribution in [3.8, 4) is 0 Å². The van der Waals surface area contributed by atoms with Gasteiger partial charge in [-0.3, -0.25) is 4.79 Å². The highest BCUT2D eigenvalue weighted by molar-refractivity contribution is 5.81. The quantitative estimate of drug-likeness (QED) is 0.691. The van der Waals surface area contributed by atoms with Gasteiger partial charge in [0, 0.05) is 6.92 Å². The molecule has 15 heavy (non-hydrogen) atoms. The number of carbonyl (C=O) groups excluding carboxylic acids is 2. The number of esters is 2. The largest absolute Gasteiger partial charge is 0.464 e. The summed E-state index contributed by atoms with van der Waals surface area (Å²) in [6.07, 6.45) is 0.653. The number of hydrogen-bond acceptors (Lipinski definition) is 5. The highest BCUT2D eigenvalue weighted by atomic mass is 16.6. The van der Waals surface area contributed by atoms with Gasteiger partial charge in [-0.05, 0) is 26.2 Å². The molecule has 5 nitrogen and oxygen atoms in total. The first kappa shape index (κ1) is 12.0. The van der Waals surface area contributed by atoms with Gasteiger partial charge in [-0.15, -0.1) is 0 Å². The average Bonchev–Trinajstić information content (AvgIpc) is 2.49. The molecule has 1 N–H and O–H groups in total. The molecule has 0 bridgehead atoms. The Morgan fingerprint density at radius 2 is 2.20 bits per heavy atom. The van der Waals surface area contributed by atoms with Crippen molar-refractivity contribution in [3.05, 3.63) is 0 Å². The molecule has 0 radical (unpaired) electrons. The van der Waals surface area contributed by atoms with Gasteiger partial charge in [0.25, 0.3) is 0 Å². The fourth-order valence-electron chi connectivity index (χ4n) is 1.80. The molecule has 0 aromatic heterocycles. The summed E-state index contributed by atoms with van der Waals surface area (Å²) in [6, 6.07) is 0. The van der Waals surface area contributed by atoms with Crippen LogP contribution in [0.25, 0.3) is 0 Å². The minimum Gasteiger partial charge on any atom is -0.464 e. The van der Waals surface area contributed by atoms with E-state index in [1.54, 1.807) is 6.92 Å². The third-order valence-corrected chi connectivity index (χ3v) is 2.49. The van der Waals surface area contributed by atoms with E-state index in [0.717, 1.165) is 0 Å². The van der Waals surface area contributed by atoms with Crippen molar-refractivity contribution >= 4 is 11.9 Å². The molecular formula is C10H16O5. The van der Waals surface area contributed by atoms with E-state index in [9.17, 15) is 14.7 Å². The van der Waals surface area contributed by atoms with Crippen LogP contribution in [0.3, 0.4) is 0 Å². The first-order valence-corrected chi connectivity index (χ1v) is 5.07. The zero-order valence-corrected chi connectivity index (χ0v) is 8.99. The minimum absolute atomic E-state index is 0.202. The molecule has 86 valence electrons. The first-order valence-electron chi connectivity index (χ1n) is 5.07. The first-order chi connectivity index (χ1) is 7.00. The second-order valence-corrected chi connectivity index (χ2v) is 3.64. The van der Waals surface area contributed by atoms with Crippen molar-refractivity contribution < 1.29 is 24.2 Å². The summed E-state index contributed by atoms with van der Waals surface area (Å²) in [7, 11) is 0. The highest BCUT2D eigenvalue weighted by Gasteiger charge is 2.51. The Kier molecular flexibility index (Phi) is 3.68. The average molecular weight is 216 g/mol. The third-order valence-electron chi connectivity index (χ3n) is 2.49. The number of carbonyl (C=O) groups is 2. The number of rotatable bonds is 3. The maximum Gasteiger partial charge on any atom is 0.342 e. The highest BCUT2D eigenvalue weighted by Crippen LogP contribution is 2.33. The molecule has 0 aromatic carbocycles. The predicted molar refractivity (Wildman–Crippen MR) is 51.0 cm³/mol. The predicted octanol–water partition coefficient (Wildman–Crippen LogP) is 0.396. The van der Waals surface area contributed by atoms with Gasteiger partial charge in [-0.1, -0.05) is 0 Å². The third kappa shape index (κ3) is 2.47. The van der Waals surface area contributed by atoms with E-state index in [1.807, 2.05) is 0 Å². The lowest BCUT2D eigenvalue weighted by Gasteiger charge is -2.26. The fraction of sp³-hybridized carbons (Fsp3) is 0.800. The fourth-order valence-corrected chi connectivity index (χ4v) is 1.80. The lowest BCUT2D eigenvalue weighted by molar-refractivity contribution is -0.182. The maximum absolute atomic E-state index is 11.5. The van der Waals surface area contributed by atoms with Gasteiger partial charge in [0.05, 0.1) is 6.61 Å². The Morgan fingerprint density at radius 3 is 2.73 bits per heavy atom. The molecule has 0 spiro atoms. The van der Waals surface area contributed by atoms with E-state index in [4.69, 9.17) is 9.47 Å². The second kappa shape index (κ2) is 4.61. The summed E-state index contributed by atoms with van der Waals surface area (Å²) in [5.41, 5.74) is -1.65. The smallest absolute Gasteiger partial charge is 0.342 e. The molecule has 1 rings (SSSR count). The van der Waals surface area contributed by atoms with Gasteiger partial charge in [0.15, 0.2) is 5.60 Å². The lowest BCUT2D eigenvalue weighted by Crippen LogP contribution is -2.48. The van der Waals surface area contributed by atoms with Crippen molar-refractivity contribution in [3.63, 3.8) is 0 Å². The van der Waals surface area contributed by atoms with E-state index in [1.165, 1.54) is 6.92 Å². The van der Waals surface area contributed by atoms with Crippen LogP contribution >= 0.6 is 0 Å². The van der Waals surface area contributed by atoms with Crippen LogP contribution in [0.15, 0.2) is 0 Å². The molecule has 0 aromatic rings. The van der Waals surface area contributed by atoms with E-state index in [2.05, 4.69) is 0 Å². The Hall–Kier alpha value is -1.10. The molecule has 0 unspecified atom stereocenters. The summed E-state index contributed by atoms with van der Waals surface area (Å²) in [5, 5.41) is 10.0. The van der Waals surface area contributed by atoms with Crippen LogP contribution in [0.5, 0.6) is 0 Å². The van der Waals surface area contributed by atoms with E-state index in [0.29, 0.717) is 12.8 Å². The summed E-state index contributed by atoms with van der Waals surface area (Å²) < 4.78 is 9.66. The van der Waals surface area contributed by atoms with Gasteiger partial charge in [-0.2, -0.15) is 0 Å². The molecule has 1 fully saturated rings. The Balaban J connectivity index is 2.71. The Morgan fingerprint density at radius 1 is 1.53 bits per heavy atom. The second-order valence-electron chi connectivity index (χ2n) is 3.64. The molecule has 0 saturated heterocycles. The maximum atomic E-state index is 11.5. The Labute approximate surface area is 88.4 Å². The molecular weight excluding hydrogens is 200 g/mol. The molecule has 0 aliphatic heterocycles. The molecule has 0 amide bonds. The molecule has 1 saturated carbocycles. The van der Waals surface area contributed by atoms with Crippen molar-refractivity contribution in [2.75, 3.05) is 6.61 Å². The van der Waals surface area contributed by atoms with Crippen molar-refractivity contribution in [1.82, 2.24) is 0 Å². The van der Waals surface area contributed by atoms with Crippen LogP contribution in [0.1, 0.15) is 33.1 Å². The summed E-state index contributed by atoms with van der Waals surface area (Å²) in [5.74, 6) is -1.20. The summed E-state index contributed by atoms with van der Waals surface area (Å²) >= 11 is 0. The standard InChI is InChI=1S/C10H16O5/c1-3-14-9(12)10(13)6-4-5-8(10)15-7(2)11/h8,13H,3-6H2,1-2H3/t8-,10+/m1/s1. The molecule has 5 heteroatoms. The van der Waals surface area contributed by atoms with Gasteiger partial charge in [-0.25, -0.2) is 4.79 Å². The van der Waals surface area contributed by atoms with Crippen LogP contribution in [0.2, 0.25) is 0 Å².